The molecule has 2 aromatic carbocycles. The number of methoxy groups -OCH3 is 1. The maximum atomic E-state index is 5.09. The predicted octanol–water partition coefficient (Wildman–Crippen LogP) is 4.45. The molecule has 0 aliphatic heterocycles. The fourth-order valence-corrected chi connectivity index (χ4v) is 1.77. The lowest BCUT2D eigenvalue weighted by Crippen LogP contribution is -1.80. The Labute approximate surface area is 113 Å². The molecule has 19 heavy (non-hydrogen) atoms. The number of rotatable bonds is 3. The van der Waals surface area contributed by atoms with Crippen molar-refractivity contribution in [2.75, 3.05) is 7.11 Å². The van der Waals surface area contributed by atoms with E-state index in [1.807, 2.05) is 56.3 Å². The molecule has 0 atom stereocenters. The van der Waals surface area contributed by atoms with Crippen LogP contribution in [0.4, 0.5) is 11.4 Å². The highest BCUT2D eigenvalue weighted by Gasteiger charge is 1.98. The van der Waals surface area contributed by atoms with Crippen LogP contribution in [-0.4, -0.2) is 13.1 Å². The smallest absolute Gasteiger partial charge is 0.119 e. The Morgan fingerprint density at radius 2 is 1.53 bits per heavy atom. The van der Waals surface area contributed by atoms with E-state index in [2.05, 4.69) is 16.0 Å². The summed E-state index contributed by atoms with van der Waals surface area (Å²) < 4.78 is 5.09. The van der Waals surface area contributed by atoms with Gasteiger partial charge in [0.2, 0.25) is 0 Å². The summed E-state index contributed by atoms with van der Waals surface area (Å²) in [6.07, 6.45) is 0. The summed E-state index contributed by atoms with van der Waals surface area (Å²) in [7, 11) is 1.64. The minimum absolute atomic E-state index is 0.802. The van der Waals surface area contributed by atoms with E-state index in [0.717, 1.165) is 28.3 Å². The topological polar surface area (TPSA) is 34.0 Å². The van der Waals surface area contributed by atoms with E-state index in [1.165, 1.54) is 0 Å². The van der Waals surface area contributed by atoms with Gasteiger partial charge < -0.3 is 4.74 Å². The first-order valence-electron chi connectivity index (χ1n) is 6.07. The number of hydrogen-bond acceptors (Lipinski definition) is 3. The van der Waals surface area contributed by atoms with Gasteiger partial charge in [0.1, 0.15) is 11.8 Å². The highest BCUT2D eigenvalue weighted by Crippen LogP contribution is 2.22. The van der Waals surface area contributed by atoms with Gasteiger partial charge in [0.05, 0.1) is 18.5 Å². The zero-order valence-corrected chi connectivity index (χ0v) is 11.3. The van der Waals surface area contributed by atoms with E-state index in [-0.39, 0.29) is 0 Å². The number of ether oxygens (including phenoxy) is 1. The summed E-state index contributed by atoms with van der Waals surface area (Å²) in [5, 5.41) is 0. The van der Waals surface area contributed by atoms with Crippen molar-refractivity contribution in [1.82, 2.24) is 0 Å². The van der Waals surface area contributed by atoms with Crippen molar-refractivity contribution in [3.63, 3.8) is 0 Å². The SMILES string of the molecule is COc1ccc(N=C=Nc2c(C)cccc2C)cc1. The Morgan fingerprint density at radius 3 is 2.11 bits per heavy atom. The number of aryl methyl sites for hydroxylation is 2. The quantitative estimate of drug-likeness (QED) is 0.743. The summed E-state index contributed by atoms with van der Waals surface area (Å²) in [5.74, 6) is 0.811. The van der Waals surface area contributed by atoms with Gasteiger partial charge in [-0.15, -0.1) is 0 Å². The van der Waals surface area contributed by atoms with Crippen LogP contribution in [0.15, 0.2) is 52.4 Å². The van der Waals surface area contributed by atoms with Crippen molar-refractivity contribution in [3.8, 4) is 5.75 Å². The van der Waals surface area contributed by atoms with Crippen molar-refractivity contribution < 1.29 is 4.74 Å². The second kappa shape index (κ2) is 5.98. The molecule has 0 saturated carbocycles. The van der Waals surface area contributed by atoms with E-state index in [1.54, 1.807) is 7.11 Å². The largest absolute Gasteiger partial charge is 0.497 e. The third-order valence-electron chi connectivity index (χ3n) is 2.85. The highest BCUT2D eigenvalue weighted by atomic mass is 16.5. The lowest BCUT2D eigenvalue weighted by molar-refractivity contribution is 0.415. The van der Waals surface area contributed by atoms with Crippen LogP contribution >= 0.6 is 0 Å². The monoisotopic (exact) mass is 252 g/mol. The Bertz CT molecular complexity index is 603. The lowest BCUT2D eigenvalue weighted by Gasteiger charge is -2.01. The van der Waals surface area contributed by atoms with E-state index >= 15 is 0 Å². The molecule has 0 aliphatic carbocycles. The molecule has 0 unspecified atom stereocenters. The van der Waals surface area contributed by atoms with Crippen LogP contribution in [0, 0.1) is 13.8 Å². The van der Waals surface area contributed by atoms with Gasteiger partial charge in [0.15, 0.2) is 0 Å². The average molecular weight is 252 g/mol. The number of benzene rings is 2. The second-order valence-electron chi connectivity index (χ2n) is 4.26. The Balaban J connectivity index is 2.23. The summed E-state index contributed by atoms with van der Waals surface area (Å²) in [4.78, 5) is 8.48. The van der Waals surface area contributed by atoms with Gasteiger partial charge in [0.25, 0.3) is 0 Å². The van der Waals surface area contributed by atoms with Crippen molar-refractivity contribution in [2.24, 2.45) is 9.98 Å². The van der Waals surface area contributed by atoms with Crippen LogP contribution < -0.4 is 4.74 Å². The molecule has 2 rings (SSSR count). The molecule has 0 fully saturated rings. The maximum absolute atomic E-state index is 5.09. The van der Waals surface area contributed by atoms with Crippen molar-refractivity contribution in [1.29, 1.82) is 0 Å². The molecule has 0 radical (unpaired) electrons. The summed E-state index contributed by atoms with van der Waals surface area (Å²) in [6, 6.07) is 16.3. The average Bonchev–Trinajstić information content (AvgIpc) is 2.43. The van der Waals surface area contributed by atoms with Crippen molar-refractivity contribution in [3.05, 3.63) is 53.6 Å². The standard InChI is InChI=1S/C16H16N2O/c1-12-5-4-6-13(2)16(12)18-11-17-14-7-9-15(19-3)10-8-14/h4-10H,1-3H3. The van der Waals surface area contributed by atoms with Crippen LogP contribution in [0.2, 0.25) is 0 Å². The Morgan fingerprint density at radius 1 is 0.895 bits per heavy atom. The van der Waals surface area contributed by atoms with E-state index in [0.29, 0.717) is 0 Å². The van der Waals surface area contributed by atoms with Crippen LogP contribution in [-0.2, 0) is 0 Å². The molecule has 0 aromatic heterocycles. The van der Waals surface area contributed by atoms with Gasteiger partial charge in [-0.25, -0.2) is 0 Å². The molecule has 0 heterocycles. The van der Waals surface area contributed by atoms with Crippen molar-refractivity contribution in [2.45, 2.75) is 13.8 Å². The lowest BCUT2D eigenvalue weighted by atomic mass is 10.1. The maximum Gasteiger partial charge on any atom is 0.119 e. The minimum Gasteiger partial charge on any atom is -0.497 e. The Kier molecular flexibility index (Phi) is 4.11. The van der Waals surface area contributed by atoms with Gasteiger partial charge >= 0.3 is 0 Å². The fraction of sp³-hybridized carbons (Fsp3) is 0.188. The zero-order chi connectivity index (χ0) is 13.7. The zero-order valence-electron chi connectivity index (χ0n) is 11.3. The van der Waals surface area contributed by atoms with E-state index < -0.39 is 0 Å². The van der Waals surface area contributed by atoms with Crippen LogP contribution in [0.3, 0.4) is 0 Å². The summed E-state index contributed by atoms with van der Waals surface area (Å²) in [5.41, 5.74) is 3.98. The minimum atomic E-state index is 0.802. The second-order valence-corrected chi connectivity index (χ2v) is 4.26. The molecule has 0 saturated heterocycles. The number of nitrogens with zero attached hydrogens (tertiary/aromatic N) is 2. The van der Waals surface area contributed by atoms with Gasteiger partial charge in [-0.3, -0.25) is 0 Å². The van der Waals surface area contributed by atoms with Gasteiger partial charge in [0, 0.05) is 0 Å². The molecule has 3 nitrogen and oxygen atoms in total. The molecule has 3 heteroatoms. The number of para-hydroxylation sites is 1. The van der Waals surface area contributed by atoms with Gasteiger partial charge in [-0.2, -0.15) is 9.98 Å². The molecule has 2 aromatic rings. The summed E-state index contributed by atoms with van der Waals surface area (Å²) >= 11 is 0. The van der Waals surface area contributed by atoms with Crippen LogP contribution in [0.5, 0.6) is 5.75 Å². The summed E-state index contributed by atoms with van der Waals surface area (Å²) in [6.45, 7) is 4.06. The third-order valence-corrected chi connectivity index (χ3v) is 2.85. The Hall–Kier alpha value is -2.38. The first-order chi connectivity index (χ1) is 9.20. The normalized spacial score (nSPS) is 9.63. The van der Waals surface area contributed by atoms with Crippen LogP contribution in [0.25, 0.3) is 0 Å². The fourth-order valence-electron chi connectivity index (χ4n) is 1.77. The highest BCUT2D eigenvalue weighted by molar-refractivity contribution is 5.62. The first kappa shape index (κ1) is 13.1. The van der Waals surface area contributed by atoms with Crippen LogP contribution in [0.1, 0.15) is 11.1 Å². The number of aliphatic imine (C=N–C) groups is 2. The molecule has 0 N–H and O–H groups in total. The van der Waals surface area contributed by atoms with Gasteiger partial charge in [-0.1, -0.05) is 18.2 Å². The molecule has 0 amide bonds. The predicted molar refractivity (Wildman–Crippen MR) is 78.1 cm³/mol. The first-order valence-corrected chi connectivity index (χ1v) is 6.07. The molecular formula is C16H16N2O. The molecule has 96 valence electrons. The van der Waals surface area contributed by atoms with Crippen molar-refractivity contribution >= 4 is 17.4 Å². The number of hydrogen-bond donors (Lipinski definition) is 0. The third kappa shape index (κ3) is 3.30. The molecule has 0 spiro atoms. The van der Waals surface area contributed by atoms with Gasteiger partial charge in [-0.05, 0) is 49.2 Å². The van der Waals surface area contributed by atoms with E-state index in [9.17, 15) is 0 Å². The molecular weight excluding hydrogens is 236 g/mol. The van der Waals surface area contributed by atoms with E-state index in [4.69, 9.17) is 4.74 Å². The molecule has 0 aliphatic rings. The molecule has 0 bridgehead atoms.